The maximum atomic E-state index is 11.9. The quantitative estimate of drug-likeness (QED) is 0.431. The number of piperidine rings is 1. The number of fused-ring (bicyclic) bond motifs is 1. The fourth-order valence-corrected chi connectivity index (χ4v) is 4.41. The predicted molar refractivity (Wildman–Crippen MR) is 142 cm³/mol. The molecule has 1 aromatic carbocycles. The number of alkyl carbamates (subject to hydrolysis) is 1. The van der Waals surface area contributed by atoms with E-state index in [4.69, 9.17) is 14.5 Å². The molecule has 0 spiro atoms. The van der Waals surface area contributed by atoms with E-state index in [1.165, 1.54) is 0 Å². The number of imidazole rings is 1. The summed E-state index contributed by atoms with van der Waals surface area (Å²) in [5.41, 5.74) is 2.68. The van der Waals surface area contributed by atoms with Crippen LogP contribution in [-0.4, -0.2) is 58.4 Å². The summed E-state index contributed by atoms with van der Waals surface area (Å²) >= 11 is 3.56. The summed E-state index contributed by atoms with van der Waals surface area (Å²) in [7, 11) is 1.64. The normalized spacial score (nSPS) is 14.3. The Bertz CT molecular complexity index is 1140. The largest absolute Gasteiger partial charge is 0.496 e. The van der Waals surface area contributed by atoms with Crippen LogP contribution in [0.3, 0.4) is 0 Å². The summed E-state index contributed by atoms with van der Waals surface area (Å²) < 4.78 is 11.5. The number of hydrogen-bond donors (Lipinski definition) is 2. The van der Waals surface area contributed by atoms with Crippen molar-refractivity contribution in [1.29, 1.82) is 0 Å². The maximum Gasteiger partial charge on any atom is 0.407 e. The van der Waals surface area contributed by atoms with Crippen LogP contribution >= 0.6 is 15.9 Å². The summed E-state index contributed by atoms with van der Waals surface area (Å²) in [6, 6.07) is 5.87. The molecule has 0 saturated carbocycles. The molecule has 1 saturated heterocycles. The molecule has 1 aliphatic rings. The third kappa shape index (κ3) is 6.84. The molecular formula is C25H35BrN6O3. The molecule has 1 amide bonds. The number of halogens is 1. The van der Waals surface area contributed by atoms with Crippen molar-refractivity contribution in [2.45, 2.75) is 53.1 Å². The van der Waals surface area contributed by atoms with Gasteiger partial charge in [-0.05, 0) is 73.7 Å². The highest BCUT2D eigenvalue weighted by Crippen LogP contribution is 2.33. The van der Waals surface area contributed by atoms with Crippen molar-refractivity contribution in [3.05, 3.63) is 29.0 Å². The van der Waals surface area contributed by atoms with Gasteiger partial charge in [0.15, 0.2) is 5.65 Å². The number of aromatic amines is 1. The molecule has 1 aliphatic heterocycles. The number of methoxy groups -OCH3 is 1. The molecule has 0 atom stereocenters. The fraction of sp³-hybridized carbons (Fsp3) is 0.520. The van der Waals surface area contributed by atoms with Gasteiger partial charge in [-0.1, -0.05) is 13.8 Å². The highest BCUT2D eigenvalue weighted by atomic mass is 79.9. The predicted octanol–water partition coefficient (Wildman–Crippen LogP) is 5.56. The average Bonchev–Trinajstić information content (AvgIpc) is 3.31. The standard InChI is InChI=1S/C23H29BrN6O3.C2H6/c1-23(2,3)33-22(31)25-12-14-7-9-30(10-8-14)21-28-18(19-20(29-21)27-13-26-19)15-5-6-17(32-4)16(24)11-15;1-2/h5-6,11,13-14H,7-10,12H2,1-4H3,(H,25,31)(H,26,27,28,29);1-2H3. The second-order valence-electron chi connectivity index (χ2n) is 9.14. The highest BCUT2D eigenvalue weighted by molar-refractivity contribution is 9.10. The molecule has 0 bridgehead atoms. The topological polar surface area (TPSA) is 105 Å². The number of nitrogens with one attached hydrogen (secondary N) is 2. The first-order valence-electron chi connectivity index (χ1n) is 12.0. The third-order valence-corrected chi connectivity index (χ3v) is 6.15. The molecular weight excluding hydrogens is 512 g/mol. The number of ether oxygens (including phenoxy) is 2. The maximum absolute atomic E-state index is 11.9. The summed E-state index contributed by atoms with van der Waals surface area (Å²) in [4.78, 5) is 31.2. The molecule has 2 aromatic heterocycles. The van der Waals surface area contributed by atoms with E-state index in [1.807, 2.05) is 52.8 Å². The van der Waals surface area contributed by atoms with Crippen LogP contribution in [0.2, 0.25) is 0 Å². The second kappa shape index (κ2) is 11.7. The van der Waals surface area contributed by atoms with Crippen molar-refractivity contribution in [1.82, 2.24) is 25.3 Å². The van der Waals surface area contributed by atoms with Crippen LogP contribution in [0.25, 0.3) is 22.4 Å². The van der Waals surface area contributed by atoms with Crippen molar-refractivity contribution in [3.63, 3.8) is 0 Å². The molecule has 3 aromatic rings. The average molecular weight is 547 g/mol. The number of anilines is 1. The van der Waals surface area contributed by atoms with Gasteiger partial charge in [-0.2, -0.15) is 4.98 Å². The molecule has 10 heteroatoms. The number of aromatic nitrogens is 4. The molecule has 3 heterocycles. The zero-order valence-corrected chi connectivity index (χ0v) is 22.9. The van der Waals surface area contributed by atoms with Crippen LogP contribution in [0.5, 0.6) is 5.75 Å². The second-order valence-corrected chi connectivity index (χ2v) is 9.99. The van der Waals surface area contributed by atoms with Crippen LogP contribution in [-0.2, 0) is 4.74 Å². The van der Waals surface area contributed by atoms with Gasteiger partial charge in [-0.15, -0.1) is 0 Å². The number of hydrogen-bond acceptors (Lipinski definition) is 7. The van der Waals surface area contributed by atoms with Crippen LogP contribution in [0, 0.1) is 5.92 Å². The zero-order valence-electron chi connectivity index (χ0n) is 21.3. The van der Waals surface area contributed by atoms with Gasteiger partial charge in [0.2, 0.25) is 5.95 Å². The molecule has 0 aliphatic carbocycles. The summed E-state index contributed by atoms with van der Waals surface area (Å²) in [6.45, 7) is 11.8. The number of H-pyrrole nitrogens is 1. The Morgan fingerprint density at radius 1 is 1.23 bits per heavy atom. The Morgan fingerprint density at radius 3 is 2.57 bits per heavy atom. The van der Waals surface area contributed by atoms with Gasteiger partial charge in [-0.3, -0.25) is 0 Å². The lowest BCUT2D eigenvalue weighted by Crippen LogP contribution is -2.40. The van der Waals surface area contributed by atoms with Crippen LogP contribution in [0.15, 0.2) is 29.0 Å². The summed E-state index contributed by atoms with van der Waals surface area (Å²) in [5.74, 6) is 1.81. The van der Waals surface area contributed by atoms with E-state index in [0.29, 0.717) is 24.1 Å². The molecule has 0 unspecified atom stereocenters. The molecule has 35 heavy (non-hydrogen) atoms. The van der Waals surface area contributed by atoms with E-state index in [0.717, 1.165) is 52.9 Å². The van der Waals surface area contributed by atoms with Crippen molar-refractivity contribution in [2.24, 2.45) is 5.92 Å². The first kappa shape index (κ1) is 26.7. The van der Waals surface area contributed by atoms with Gasteiger partial charge in [0.1, 0.15) is 22.6 Å². The Labute approximate surface area is 215 Å². The van der Waals surface area contributed by atoms with Gasteiger partial charge in [0.25, 0.3) is 0 Å². The van der Waals surface area contributed by atoms with E-state index < -0.39 is 5.60 Å². The van der Waals surface area contributed by atoms with Crippen molar-refractivity contribution in [3.8, 4) is 17.0 Å². The number of rotatable bonds is 5. The SMILES string of the molecule is CC.COc1ccc(-c2nc(N3CCC(CNC(=O)OC(C)(C)C)CC3)nc3nc[nH]c23)cc1Br. The molecule has 190 valence electrons. The van der Waals surface area contributed by atoms with E-state index >= 15 is 0 Å². The van der Waals surface area contributed by atoms with E-state index in [-0.39, 0.29) is 6.09 Å². The lowest BCUT2D eigenvalue weighted by atomic mass is 9.97. The summed E-state index contributed by atoms with van der Waals surface area (Å²) in [6.07, 6.45) is 3.13. The summed E-state index contributed by atoms with van der Waals surface area (Å²) in [5, 5.41) is 2.89. The van der Waals surface area contributed by atoms with Crippen molar-refractivity contribution >= 4 is 39.1 Å². The lowest BCUT2D eigenvalue weighted by molar-refractivity contribution is 0.0516. The molecule has 9 nitrogen and oxygen atoms in total. The van der Waals surface area contributed by atoms with E-state index in [9.17, 15) is 4.79 Å². The Kier molecular flexibility index (Phi) is 8.93. The molecule has 1 fully saturated rings. The molecule has 0 radical (unpaired) electrons. The Balaban J connectivity index is 0.00000167. The Morgan fingerprint density at radius 2 is 1.94 bits per heavy atom. The van der Waals surface area contributed by atoms with Crippen molar-refractivity contribution in [2.75, 3.05) is 31.6 Å². The first-order valence-corrected chi connectivity index (χ1v) is 12.8. The van der Waals surface area contributed by atoms with Gasteiger partial charge in [0.05, 0.1) is 17.9 Å². The van der Waals surface area contributed by atoms with E-state index in [1.54, 1.807) is 13.4 Å². The number of carbonyl (C=O) groups excluding carboxylic acids is 1. The van der Waals surface area contributed by atoms with Gasteiger partial charge in [0, 0.05) is 25.2 Å². The van der Waals surface area contributed by atoms with Crippen LogP contribution < -0.4 is 15.0 Å². The Hall–Kier alpha value is -2.88. The van der Waals surface area contributed by atoms with Gasteiger partial charge in [-0.25, -0.2) is 14.8 Å². The highest BCUT2D eigenvalue weighted by Gasteiger charge is 2.24. The fourth-order valence-electron chi connectivity index (χ4n) is 3.86. The molecule has 2 N–H and O–H groups in total. The third-order valence-electron chi connectivity index (χ3n) is 5.53. The number of benzene rings is 1. The minimum absolute atomic E-state index is 0.368. The van der Waals surface area contributed by atoms with E-state index in [2.05, 4.69) is 41.1 Å². The molecule has 4 rings (SSSR count). The lowest BCUT2D eigenvalue weighted by Gasteiger charge is -2.32. The minimum atomic E-state index is -0.493. The van der Waals surface area contributed by atoms with Crippen LogP contribution in [0.1, 0.15) is 47.5 Å². The number of amides is 1. The zero-order chi connectivity index (χ0) is 25.6. The number of carbonyl (C=O) groups is 1. The first-order chi connectivity index (χ1) is 16.7. The van der Waals surface area contributed by atoms with Gasteiger partial charge >= 0.3 is 6.09 Å². The number of nitrogens with zero attached hydrogens (tertiary/aromatic N) is 4. The minimum Gasteiger partial charge on any atom is -0.496 e. The monoisotopic (exact) mass is 546 g/mol. The smallest absolute Gasteiger partial charge is 0.407 e. The van der Waals surface area contributed by atoms with Gasteiger partial charge < -0.3 is 24.7 Å². The van der Waals surface area contributed by atoms with Crippen LogP contribution in [0.4, 0.5) is 10.7 Å². The van der Waals surface area contributed by atoms with Crippen molar-refractivity contribution < 1.29 is 14.3 Å².